The van der Waals surface area contributed by atoms with E-state index in [0.717, 1.165) is 0 Å². The molecule has 0 unspecified atom stereocenters. The van der Waals surface area contributed by atoms with Gasteiger partial charge < -0.3 is 9.47 Å². The van der Waals surface area contributed by atoms with Crippen molar-refractivity contribution in [1.82, 2.24) is 0 Å². The third-order valence-electron chi connectivity index (χ3n) is 1.94. The molecule has 0 amide bonds. The van der Waals surface area contributed by atoms with Gasteiger partial charge in [-0.15, -0.1) is 0 Å². The lowest BCUT2D eigenvalue weighted by molar-refractivity contribution is -0.0386. The second-order valence-electron chi connectivity index (χ2n) is 3.42. The highest BCUT2D eigenvalue weighted by molar-refractivity contribution is 5.60. The highest BCUT2D eigenvalue weighted by atomic mass is 16.7. The molecule has 0 bridgehead atoms. The second kappa shape index (κ2) is 4.30. The molecule has 0 heterocycles. The predicted octanol–water partition coefficient (Wildman–Crippen LogP) is 1.49. The quantitative estimate of drug-likeness (QED) is 0.521. The van der Waals surface area contributed by atoms with Gasteiger partial charge in [0.25, 0.3) is 0 Å². The highest BCUT2D eigenvalue weighted by Gasteiger charge is 2.27. The average molecular weight is 175 g/mol. The summed E-state index contributed by atoms with van der Waals surface area (Å²) in [5, 5.41) is 0. The van der Waals surface area contributed by atoms with Crippen molar-refractivity contribution < 1.29 is 14.3 Å². The van der Waals surface area contributed by atoms with Gasteiger partial charge in [0.15, 0.2) is 0 Å². The van der Waals surface area contributed by atoms with Crippen molar-refractivity contribution in [2.45, 2.75) is 33.3 Å². The fourth-order valence-electron chi connectivity index (χ4n) is 0.430. The molecule has 0 aromatic heterocycles. The van der Waals surface area contributed by atoms with Gasteiger partial charge in [0.1, 0.15) is 12.3 Å². The van der Waals surface area contributed by atoms with Crippen LogP contribution in [0.3, 0.4) is 0 Å². The topological polar surface area (TPSA) is 61.5 Å². The van der Waals surface area contributed by atoms with Crippen LogP contribution in [0.1, 0.15) is 27.7 Å². The van der Waals surface area contributed by atoms with Crippen LogP contribution in [0.15, 0.2) is 0 Å². The van der Waals surface area contributed by atoms with E-state index >= 15 is 0 Å². The van der Waals surface area contributed by atoms with E-state index in [2.05, 4.69) is 4.74 Å². The molecule has 0 saturated heterocycles. The van der Waals surface area contributed by atoms with Crippen molar-refractivity contribution in [3.05, 3.63) is 0 Å². The van der Waals surface area contributed by atoms with Crippen LogP contribution >= 0.6 is 0 Å². The first-order valence-corrected chi connectivity index (χ1v) is 3.96. The Balaban J connectivity index is 3.97. The molecule has 0 radical (unpaired) electrons. The molecule has 4 nitrogen and oxygen atoms in total. The maximum Gasteiger partial charge on any atom is 0.510 e. The van der Waals surface area contributed by atoms with E-state index in [9.17, 15) is 4.79 Å². The molecule has 0 aliphatic heterocycles. The molecule has 12 heavy (non-hydrogen) atoms. The molecule has 0 atom stereocenters. The van der Waals surface area contributed by atoms with E-state index in [1.54, 1.807) is 0 Å². The Labute approximate surface area is 73.0 Å². The molecular formula is C8H17NO3. The molecule has 0 aliphatic carbocycles. The molecular weight excluding hydrogens is 158 g/mol. The maximum absolute atomic E-state index is 10.8. The van der Waals surface area contributed by atoms with Gasteiger partial charge in [-0.3, -0.25) is 5.73 Å². The third-order valence-corrected chi connectivity index (χ3v) is 1.94. The molecule has 0 fully saturated rings. The van der Waals surface area contributed by atoms with Gasteiger partial charge in [0, 0.05) is 0 Å². The minimum Gasteiger partial charge on any atom is -0.428 e. The van der Waals surface area contributed by atoms with Crippen LogP contribution in [0.25, 0.3) is 0 Å². The van der Waals surface area contributed by atoms with Gasteiger partial charge in [0.2, 0.25) is 0 Å². The standard InChI is InChI=1S/C8H17NO3/c1-6(2)8(3,4)12-7(10)11-5-9/h6H,5,9H2,1-4H3. The van der Waals surface area contributed by atoms with E-state index in [1.807, 2.05) is 27.7 Å². The monoisotopic (exact) mass is 175 g/mol. The first-order valence-electron chi connectivity index (χ1n) is 3.96. The van der Waals surface area contributed by atoms with Gasteiger partial charge in [0.05, 0.1) is 0 Å². The molecule has 2 N–H and O–H groups in total. The predicted molar refractivity (Wildman–Crippen MR) is 45.5 cm³/mol. The zero-order valence-corrected chi connectivity index (χ0v) is 8.09. The highest BCUT2D eigenvalue weighted by Crippen LogP contribution is 2.20. The lowest BCUT2D eigenvalue weighted by Crippen LogP contribution is -2.34. The number of nitrogens with two attached hydrogens (primary N) is 1. The summed E-state index contributed by atoms with van der Waals surface area (Å²) in [6.45, 7) is 7.45. The summed E-state index contributed by atoms with van der Waals surface area (Å²) in [7, 11) is 0. The van der Waals surface area contributed by atoms with Crippen molar-refractivity contribution in [2.24, 2.45) is 11.7 Å². The van der Waals surface area contributed by atoms with Crippen LogP contribution in [-0.4, -0.2) is 18.5 Å². The summed E-state index contributed by atoms with van der Waals surface area (Å²) in [5.41, 5.74) is 4.49. The molecule has 0 spiro atoms. The number of carbonyl (C=O) groups is 1. The fourth-order valence-corrected chi connectivity index (χ4v) is 0.430. The summed E-state index contributed by atoms with van der Waals surface area (Å²) in [6, 6.07) is 0. The van der Waals surface area contributed by atoms with Gasteiger partial charge in [-0.05, 0) is 19.8 Å². The molecule has 0 saturated carbocycles. The Bertz CT molecular complexity index is 154. The Morgan fingerprint density at radius 3 is 2.33 bits per heavy atom. The lowest BCUT2D eigenvalue weighted by atomic mass is 9.95. The van der Waals surface area contributed by atoms with Crippen LogP contribution in [-0.2, 0) is 9.47 Å². The van der Waals surface area contributed by atoms with Gasteiger partial charge >= 0.3 is 6.16 Å². The third kappa shape index (κ3) is 3.57. The molecule has 0 aromatic rings. The van der Waals surface area contributed by atoms with E-state index in [0.29, 0.717) is 0 Å². The minimum atomic E-state index is -0.712. The summed E-state index contributed by atoms with van der Waals surface area (Å²) < 4.78 is 9.44. The van der Waals surface area contributed by atoms with E-state index in [-0.39, 0.29) is 12.6 Å². The van der Waals surface area contributed by atoms with Crippen LogP contribution in [0.5, 0.6) is 0 Å². The lowest BCUT2D eigenvalue weighted by Gasteiger charge is -2.28. The normalized spacial score (nSPS) is 11.5. The van der Waals surface area contributed by atoms with Crippen molar-refractivity contribution in [1.29, 1.82) is 0 Å². The first kappa shape index (κ1) is 11.2. The molecule has 4 heteroatoms. The number of hydrogen-bond donors (Lipinski definition) is 1. The van der Waals surface area contributed by atoms with E-state index in [1.165, 1.54) is 0 Å². The number of carbonyl (C=O) groups excluding carboxylic acids is 1. The summed E-state index contributed by atoms with van der Waals surface area (Å²) in [4.78, 5) is 10.8. The van der Waals surface area contributed by atoms with Crippen molar-refractivity contribution in [3.8, 4) is 0 Å². The van der Waals surface area contributed by atoms with Crippen LogP contribution < -0.4 is 5.73 Å². The Hall–Kier alpha value is -0.770. The van der Waals surface area contributed by atoms with Gasteiger partial charge in [-0.2, -0.15) is 0 Å². The first-order chi connectivity index (χ1) is 5.40. The van der Waals surface area contributed by atoms with E-state index < -0.39 is 11.8 Å². The smallest absolute Gasteiger partial charge is 0.428 e. The summed E-state index contributed by atoms with van der Waals surface area (Å²) in [5.74, 6) is 0.239. The molecule has 0 aromatic carbocycles. The number of hydrogen-bond acceptors (Lipinski definition) is 4. The fraction of sp³-hybridized carbons (Fsp3) is 0.875. The van der Waals surface area contributed by atoms with Crippen LogP contribution in [0.2, 0.25) is 0 Å². The van der Waals surface area contributed by atoms with Gasteiger partial charge in [-0.1, -0.05) is 13.8 Å². The molecule has 0 rings (SSSR count). The summed E-state index contributed by atoms with van der Waals surface area (Å²) in [6.07, 6.45) is -0.712. The second-order valence-corrected chi connectivity index (χ2v) is 3.42. The van der Waals surface area contributed by atoms with E-state index in [4.69, 9.17) is 10.5 Å². The number of rotatable bonds is 3. The largest absolute Gasteiger partial charge is 0.510 e. The molecule has 0 aliphatic rings. The Kier molecular flexibility index (Phi) is 4.03. The minimum absolute atomic E-state index is 0.146. The maximum atomic E-state index is 10.8. The van der Waals surface area contributed by atoms with Crippen LogP contribution in [0.4, 0.5) is 4.79 Å². The van der Waals surface area contributed by atoms with Crippen molar-refractivity contribution in [3.63, 3.8) is 0 Å². The SMILES string of the molecule is CC(C)C(C)(C)OC(=O)OCN. The van der Waals surface area contributed by atoms with Crippen molar-refractivity contribution in [2.75, 3.05) is 6.73 Å². The van der Waals surface area contributed by atoms with Gasteiger partial charge in [-0.25, -0.2) is 4.79 Å². The zero-order chi connectivity index (χ0) is 9.78. The summed E-state index contributed by atoms with van der Waals surface area (Å²) >= 11 is 0. The average Bonchev–Trinajstić information content (AvgIpc) is 1.85. The number of ether oxygens (including phenoxy) is 2. The Morgan fingerprint density at radius 1 is 1.50 bits per heavy atom. The van der Waals surface area contributed by atoms with Crippen molar-refractivity contribution >= 4 is 6.16 Å². The Morgan fingerprint density at radius 2 is 2.00 bits per heavy atom. The van der Waals surface area contributed by atoms with Crippen LogP contribution in [0, 0.1) is 5.92 Å². The zero-order valence-electron chi connectivity index (χ0n) is 8.09. The molecule has 72 valence electrons.